The molecule has 0 saturated carbocycles. The molecule has 11 heavy (non-hydrogen) atoms. The maximum atomic E-state index is 3.72. The lowest BCUT2D eigenvalue weighted by molar-refractivity contribution is 0.853. The number of benzene rings is 1. The highest BCUT2D eigenvalue weighted by atomic mass is 79.9. The molecular weight excluding hydrogens is 202 g/mol. The molecule has 0 spiro atoms. The van der Waals surface area contributed by atoms with Crippen molar-refractivity contribution in [2.75, 3.05) is 0 Å². The molecule has 1 N–H and O–H groups in total. The summed E-state index contributed by atoms with van der Waals surface area (Å²) in [6.07, 6.45) is 1.85. The van der Waals surface area contributed by atoms with Crippen LogP contribution in [-0.4, -0.2) is 0 Å². The molecule has 0 heterocycles. The van der Waals surface area contributed by atoms with Gasteiger partial charge in [-0.2, -0.15) is 0 Å². The Kier molecular flexibility index (Phi) is 3.33. The molecule has 0 aromatic heterocycles. The Morgan fingerprint density at radius 1 is 1.36 bits per heavy atom. The number of halogens is 1. The van der Waals surface area contributed by atoms with Crippen molar-refractivity contribution in [1.29, 1.82) is 0 Å². The van der Waals surface area contributed by atoms with Gasteiger partial charge in [0.05, 0.1) is 6.04 Å². The first-order chi connectivity index (χ1) is 5.38. The maximum absolute atomic E-state index is 3.72. The second kappa shape index (κ2) is 4.31. The third-order valence-corrected chi connectivity index (χ3v) is 2.01. The fraction of sp³-hybridized carbons (Fsp3) is 0.111. The quantitative estimate of drug-likeness (QED) is 0.600. The Bertz CT molecular complexity index is 220. The summed E-state index contributed by atoms with van der Waals surface area (Å²) in [4.78, 5) is 0. The van der Waals surface area contributed by atoms with Crippen LogP contribution in [0.1, 0.15) is 11.6 Å². The molecule has 0 amide bonds. The van der Waals surface area contributed by atoms with Crippen molar-refractivity contribution in [1.82, 2.24) is 4.34 Å². The molecular formula is C9H10BrN. The summed E-state index contributed by atoms with van der Waals surface area (Å²) >= 11 is 3.19. The summed E-state index contributed by atoms with van der Waals surface area (Å²) in [5.74, 6) is 0. The number of nitrogens with one attached hydrogen (secondary N) is 1. The van der Waals surface area contributed by atoms with Crippen LogP contribution in [0.25, 0.3) is 0 Å². The molecule has 1 unspecified atom stereocenters. The van der Waals surface area contributed by atoms with Crippen LogP contribution in [0.15, 0.2) is 43.0 Å². The van der Waals surface area contributed by atoms with Crippen LogP contribution in [0.5, 0.6) is 0 Å². The molecule has 1 aromatic rings. The lowest BCUT2D eigenvalue weighted by atomic mass is 10.1. The first kappa shape index (κ1) is 8.50. The van der Waals surface area contributed by atoms with Crippen molar-refractivity contribution >= 4 is 16.1 Å². The second-order valence-corrected chi connectivity index (χ2v) is 2.69. The minimum Gasteiger partial charge on any atom is -0.245 e. The van der Waals surface area contributed by atoms with E-state index in [2.05, 4.69) is 39.2 Å². The van der Waals surface area contributed by atoms with Gasteiger partial charge in [-0.3, -0.25) is 0 Å². The number of rotatable bonds is 3. The van der Waals surface area contributed by atoms with Crippen LogP contribution in [0.3, 0.4) is 0 Å². The molecule has 2 heteroatoms. The van der Waals surface area contributed by atoms with Crippen molar-refractivity contribution in [2.45, 2.75) is 6.04 Å². The predicted octanol–water partition coefficient (Wildman–Crippen LogP) is 2.81. The smallest absolute Gasteiger partial charge is 0.0603 e. The predicted molar refractivity (Wildman–Crippen MR) is 51.4 cm³/mol. The molecule has 0 bridgehead atoms. The zero-order chi connectivity index (χ0) is 8.10. The summed E-state index contributed by atoms with van der Waals surface area (Å²) in [5, 5.41) is 0. The van der Waals surface area contributed by atoms with E-state index in [1.54, 1.807) is 0 Å². The van der Waals surface area contributed by atoms with Gasteiger partial charge in [0.15, 0.2) is 0 Å². The Morgan fingerprint density at radius 3 is 2.45 bits per heavy atom. The minimum absolute atomic E-state index is 0.191. The van der Waals surface area contributed by atoms with E-state index in [4.69, 9.17) is 0 Å². The SMILES string of the molecule is C=CC(NBr)c1ccccc1. The summed E-state index contributed by atoms with van der Waals surface area (Å²) in [7, 11) is 0. The van der Waals surface area contributed by atoms with E-state index in [0.29, 0.717) is 0 Å². The third kappa shape index (κ3) is 2.17. The Labute approximate surface area is 75.5 Å². The van der Waals surface area contributed by atoms with E-state index < -0.39 is 0 Å². The van der Waals surface area contributed by atoms with E-state index in [0.717, 1.165) is 0 Å². The van der Waals surface area contributed by atoms with Gasteiger partial charge in [0.25, 0.3) is 0 Å². The second-order valence-electron chi connectivity index (χ2n) is 2.23. The molecule has 1 rings (SSSR count). The van der Waals surface area contributed by atoms with Crippen LogP contribution in [0.4, 0.5) is 0 Å². The molecule has 1 aromatic carbocycles. The van der Waals surface area contributed by atoms with Gasteiger partial charge in [-0.1, -0.05) is 36.4 Å². The summed E-state index contributed by atoms with van der Waals surface area (Å²) in [6, 6.07) is 10.3. The van der Waals surface area contributed by atoms with E-state index in [-0.39, 0.29) is 6.04 Å². The van der Waals surface area contributed by atoms with E-state index in [9.17, 15) is 0 Å². The average molecular weight is 212 g/mol. The van der Waals surface area contributed by atoms with Gasteiger partial charge < -0.3 is 0 Å². The normalized spacial score (nSPS) is 12.5. The zero-order valence-corrected chi connectivity index (χ0v) is 7.71. The average Bonchev–Trinajstić information content (AvgIpc) is 2.09. The van der Waals surface area contributed by atoms with Gasteiger partial charge in [0.1, 0.15) is 0 Å². The first-order valence-electron chi connectivity index (χ1n) is 3.42. The summed E-state index contributed by atoms with van der Waals surface area (Å²) in [6.45, 7) is 3.72. The van der Waals surface area contributed by atoms with Gasteiger partial charge in [-0.05, 0) is 5.56 Å². The zero-order valence-electron chi connectivity index (χ0n) is 6.13. The van der Waals surface area contributed by atoms with Gasteiger partial charge in [0.2, 0.25) is 0 Å². The molecule has 58 valence electrons. The molecule has 0 aliphatic rings. The Balaban J connectivity index is 2.82. The molecule has 1 atom stereocenters. The van der Waals surface area contributed by atoms with Gasteiger partial charge in [-0.25, -0.2) is 4.34 Å². The van der Waals surface area contributed by atoms with Crippen molar-refractivity contribution in [3.8, 4) is 0 Å². The van der Waals surface area contributed by atoms with Crippen molar-refractivity contribution < 1.29 is 0 Å². The van der Waals surface area contributed by atoms with Crippen molar-refractivity contribution in [2.24, 2.45) is 0 Å². The van der Waals surface area contributed by atoms with Crippen LogP contribution < -0.4 is 4.34 Å². The van der Waals surface area contributed by atoms with E-state index in [1.165, 1.54) is 5.56 Å². The summed E-state index contributed by atoms with van der Waals surface area (Å²) < 4.78 is 2.96. The highest BCUT2D eigenvalue weighted by Crippen LogP contribution is 2.13. The van der Waals surface area contributed by atoms with Crippen LogP contribution in [0.2, 0.25) is 0 Å². The number of hydrogen-bond donors (Lipinski definition) is 1. The van der Waals surface area contributed by atoms with Crippen molar-refractivity contribution in [3.05, 3.63) is 48.6 Å². The maximum Gasteiger partial charge on any atom is 0.0603 e. The summed E-state index contributed by atoms with van der Waals surface area (Å²) in [5.41, 5.74) is 1.21. The van der Waals surface area contributed by atoms with Crippen LogP contribution in [0, 0.1) is 0 Å². The fourth-order valence-corrected chi connectivity index (χ4v) is 1.36. The molecule has 0 radical (unpaired) electrons. The van der Waals surface area contributed by atoms with E-state index in [1.807, 2.05) is 24.3 Å². The molecule has 1 nitrogen and oxygen atoms in total. The fourth-order valence-electron chi connectivity index (χ4n) is 0.904. The van der Waals surface area contributed by atoms with E-state index >= 15 is 0 Å². The van der Waals surface area contributed by atoms with Crippen LogP contribution >= 0.6 is 16.1 Å². The lowest BCUT2D eigenvalue weighted by Gasteiger charge is -2.08. The minimum atomic E-state index is 0.191. The third-order valence-electron chi connectivity index (χ3n) is 1.51. The van der Waals surface area contributed by atoms with Crippen LogP contribution in [-0.2, 0) is 0 Å². The van der Waals surface area contributed by atoms with Crippen molar-refractivity contribution in [3.63, 3.8) is 0 Å². The largest absolute Gasteiger partial charge is 0.245 e. The van der Waals surface area contributed by atoms with Gasteiger partial charge in [-0.15, -0.1) is 6.58 Å². The molecule has 0 aliphatic carbocycles. The topological polar surface area (TPSA) is 12.0 Å². The molecule has 0 saturated heterocycles. The monoisotopic (exact) mass is 211 g/mol. The molecule has 0 aliphatic heterocycles. The van der Waals surface area contributed by atoms with Gasteiger partial charge >= 0.3 is 0 Å². The first-order valence-corrected chi connectivity index (χ1v) is 4.21. The number of hydrogen-bond acceptors (Lipinski definition) is 1. The Hall–Kier alpha value is -0.600. The van der Waals surface area contributed by atoms with Gasteiger partial charge in [0, 0.05) is 16.1 Å². The standard InChI is InChI=1S/C9H10BrN/c1-2-9(11-10)8-6-4-3-5-7-8/h2-7,9,11H,1H2. The Morgan fingerprint density at radius 2 is 2.00 bits per heavy atom. The lowest BCUT2D eigenvalue weighted by Crippen LogP contribution is -2.06. The highest BCUT2D eigenvalue weighted by molar-refractivity contribution is 9.08. The molecule has 0 fully saturated rings. The highest BCUT2D eigenvalue weighted by Gasteiger charge is 2.01.